The molecule has 1 aliphatic carbocycles. The van der Waals surface area contributed by atoms with E-state index in [4.69, 9.17) is 0 Å². The number of allylic oxidation sites excluding steroid dienone is 3. The normalized spacial score (nSPS) is 19.0. The van der Waals surface area contributed by atoms with Crippen molar-refractivity contribution >= 4 is 33.4 Å². The molecule has 0 saturated heterocycles. The van der Waals surface area contributed by atoms with Gasteiger partial charge >= 0.3 is 0 Å². The zero-order chi connectivity index (χ0) is 20.5. The number of nitrogens with zero attached hydrogens (tertiary/aromatic N) is 1. The van der Waals surface area contributed by atoms with Crippen LogP contribution in [-0.4, -0.2) is 16.7 Å². The van der Waals surface area contributed by atoms with E-state index >= 15 is 0 Å². The second kappa shape index (κ2) is 7.95. The van der Waals surface area contributed by atoms with Gasteiger partial charge in [0.1, 0.15) is 5.82 Å². The highest BCUT2D eigenvalue weighted by atomic mass is 79.9. The van der Waals surface area contributed by atoms with Crippen molar-refractivity contribution in [3.8, 4) is 0 Å². The number of nitrogens with one attached hydrogen (secondary N) is 2. The number of carbonyl (C=O) groups is 2. The molecule has 0 bridgehead atoms. The van der Waals surface area contributed by atoms with Gasteiger partial charge in [-0.05, 0) is 56.0 Å². The summed E-state index contributed by atoms with van der Waals surface area (Å²) in [5.41, 5.74) is 4.92. The SMILES string of the molecule is CC1=C(C(=O)Nc2ccc(C)cn2)C(c2cccc(Br)c2)C2=C(CCCC2=O)N1. The third kappa shape index (κ3) is 3.90. The van der Waals surface area contributed by atoms with E-state index in [1.165, 1.54) is 0 Å². The van der Waals surface area contributed by atoms with E-state index in [0.717, 1.165) is 39.8 Å². The van der Waals surface area contributed by atoms with Crippen LogP contribution in [0.15, 0.2) is 69.6 Å². The van der Waals surface area contributed by atoms with Crippen LogP contribution < -0.4 is 10.6 Å². The van der Waals surface area contributed by atoms with Crippen molar-refractivity contribution in [2.24, 2.45) is 0 Å². The number of pyridine rings is 1. The zero-order valence-electron chi connectivity index (χ0n) is 16.4. The second-order valence-corrected chi connectivity index (χ2v) is 8.41. The van der Waals surface area contributed by atoms with Gasteiger partial charge in [0.15, 0.2) is 5.78 Å². The van der Waals surface area contributed by atoms with E-state index < -0.39 is 5.92 Å². The third-order valence-corrected chi connectivity index (χ3v) is 5.85. The van der Waals surface area contributed by atoms with Crippen LogP contribution in [0.2, 0.25) is 0 Å². The highest BCUT2D eigenvalue weighted by molar-refractivity contribution is 9.10. The van der Waals surface area contributed by atoms with Gasteiger partial charge in [-0.1, -0.05) is 34.1 Å². The predicted octanol–water partition coefficient (Wildman–Crippen LogP) is 4.76. The molecule has 4 rings (SSSR count). The number of aryl methyl sites for hydroxylation is 1. The maximum absolute atomic E-state index is 13.3. The molecule has 1 unspecified atom stereocenters. The fourth-order valence-electron chi connectivity index (χ4n) is 4.03. The highest BCUT2D eigenvalue weighted by Gasteiger charge is 2.38. The van der Waals surface area contributed by atoms with Crippen LogP contribution in [0.1, 0.15) is 43.2 Å². The summed E-state index contributed by atoms with van der Waals surface area (Å²) in [5.74, 6) is -0.0538. The topological polar surface area (TPSA) is 71.1 Å². The number of ketones is 1. The van der Waals surface area contributed by atoms with Crippen molar-refractivity contribution in [3.63, 3.8) is 0 Å². The van der Waals surface area contributed by atoms with Crippen molar-refractivity contribution in [3.05, 3.63) is 80.7 Å². The van der Waals surface area contributed by atoms with Gasteiger partial charge in [0, 0.05) is 45.5 Å². The maximum atomic E-state index is 13.3. The zero-order valence-corrected chi connectivity index (χ0v) is 18.0. The average Bonchev–Trinajstić information content (AvgIpc) is 2.69. The standard InChI is InChI=1S/C23H22BrN3O2/c1-13-9-10-19(25-12-13)27-23(29)20-14(2)26-17-7-4-8-18(28)22(17)21(20)15-5-3-6-16(24)11-15/h3,5-6,9-12,21,26H,4,7-8H2,1-2H3,(H,25,27,29). The summed E-state index contributed by atoms with van der Waals surface area (Å²) in [6.45, 7) is 3.84. The Morgan fingerprint density at radius 1 is 1.21 bits per heavy atom. The van der Waals surface area contributed by atoms with Crippen LogP contribution in [0, 0.1) is 6.92 Å². The molecule has 0 radical (unpaired) electrons. The lowest BCUT2D eigenvalue weighted by atomic mass is 9.75. The predicted molar refractivity (Wildman–Crippen MR) is 116 cm³/mol. The number of anilines is 1. The number of benzene rings is 1. The Morgan fingerprint density at radius 3 is 2.76 bits per heavy atom. The summed E-state index contributed by atoms with van der Waals surface area (Å²) < 4.78 is 0.913. The molecule has 2 heterocycles. The van der Waals surface area contributed by atoms with Gasteiger partial charge in [-0.2, -0.15) is 0 Å². The Balaban J connectivity index is 1.78. The molecular formula is C23H22BrN3O2. The molecule has 1 aromatic carbocycles. The molecule has 2 N–H and O–H groups in total. The molecule has 1 amide bonds. The molecule has 1 atom stereocenters. The molecule has 1 aromatic heterocycles. The maximum Gasteiger partial charge on any atom is 0.255 e. The lowest BCUT2D eigenvalue weighted by Gasteiger charge is -2.34. The number of dihydropyridines is 1. The number of aromatic nitrogens is 1. The quantitative estimate of drug-likeness (QED) is 0.705. The van der Waals surface area contributed by atoms with Gasteiger partial charge in [-0.25, -0.2) is 4.98 Å². The van der Waals surface area contributed by atoms with E-state index in [2.05, 4.69) is 31.5 Å². The largest absolute Gasteiger partial charge is 0.362 e. The lowest BCUT2D eigenvalue weighted by Crippen LogP contribution is -2.35. The number of hydrogen-bond donors (Lipinski definition) is 2. The van der Waals surface area contributed by atoms with Crippen LogP contribution in [0.3, 0.4) is 0 Å². The molecule has 0 saturated carbocycles. The van der Waals surface area contributed by atoms with Crippen molar-refractivity contribution < 1.29 is 9.59 Å². The van der Waals surface area contributed by atoms with Crippen LogP contribution >= 0.6 is 15.9 Å². The minimum atomic E-state index is -0.401. The smallest absolute Gasteiger partial charge is 0.255 e. The number of amides is 1. The first kappa shape index (κ1) is 19.6. The Hall–Kier alpha value is -2.73. The molecule has 6 heteroatoms. The minimum Gasteiger partial charge on any atom is -0.362 e. The summed E-state index contributed by atoms with van der Waals surface area (Å²) in [7, 11) is 0. The summed E-state index contributed by atoms with van der Waals surface area (Å²) >= 11 is 3.52. The molecular weight excluding hydrogens is 430 g/mol. The van der Waals surface area contributed by atoms with Gasteiger partial charge in [0.25, 0.3) is 5.91 Å². The number of rotatable bonds is 3. The summed E-state index contributed by atoms with van der Waals surface area (Å²) in [5, 5.41) is 6.23. The first-order chi connectivity index (χ1) is 13.9. The van der Waals surface area contributed by atoms with Crippen molar-refractivity contribution in [2.75, 3.05) is 5.32 Å². The van der Waals surface area contributed by atoms with Gasteiger partial charge in [0.2, 0.25) is 0 Å². The van der Waals surface area contributed by atoms with Crippen LogP contribution in [0.25, 0.3) is 0 Å². The summed E-state index contributed by atoms with van der Waals surface area (Å²) in [4.78, 5) is 30.5. The van der Waals surface area contributed by atoms with E-state index in [1.807, 2.05) is 44.2 Å². The molecule has 2 aliphatic rings. The van der Waals surface area contributed by atoms with Crippen molar-refractivity contribution in [1.29, 1.82) is 0 Å². The van der Waals surface area contributed by atoms with E-state index in [9.17, 15) is 9.59 Å². The van der Waals surface area contributed by atoms with E-state index in [0.29, 0.717) is 23.4 Å². The van der Waals surface area contributed by atoms with Gasteiger partial charge in [-0.15, -0.1) is 0 Å². The number of carbonyl (C=O) groups excluding carboxylic acids is 2. The van der Waals surface area contributed by atoms with Gasteiger partial charge in [-0.3, -0.25) is 9.59 Å². The number of hydrogen-bond acceptors (Lipinski definition) is 4. The molecule has 5 nitrogen and oxygen atoms in total. The first-order valence-corrected chi connectivity index (χ1v) is 10.5. The van der Waals surface area contributed by atoms with E-state index in [1.54, 1.807) is 12.3 Å². The first-order valence-electron chi connectivity index (χ1n) is 9.67. The number of Topliss-reactive ketones (excluding diaryl/α,β-unsaturated/α-hetero) is 1. The lowest BCUT2D eigenvalue weighted by molar-refractivity contribution is -0.116. The second-order valence-electron chi connectivity index (χ2n) is 7.50. The summed E-state index contributed by atoms with van der Waals surface area (Å²) in [6, 6.07) is 11.5. The Bertz CT molecular complexity index is 1050. The fourth-order valence-corrected chi connectivity index (χ4v) is 4.45. The molecule has 1 aliphatic heterocycles. The fraction of sp³-hybridized carbons (Fsp3) is 0.261. The Morgan fingerprint density at radius 2 is 2.03 bits per heavy atom. The van der Waals surface area contributed by atoms with Gasteiger partial charge in [0.05, 0.1) is 0 Å². The number of halogens is 1. The molecule has 29 heavy (non-hydrogen) atoms. The third-order valence-electron chi connectivity index (χ3n) is 5.36. The summed E-state index contributed by atoms with van der Waals surface area (Å²) in [6.07, 6.45) is 3.88. The van der Waals surface area contributed by atoms with Crippen LogP contribution in [-0.2, 0) is 9.59 Å². The molecule has 2 aromatic rings. The molecule has 0 spiro atoms. The Labute approximate surface area is 178 Å². The average molecular weight is 452 g/mol. The Kier molecular flexibility index (Phi) is 5.37. The molecule has 148 valence electrons. The van der Waals surface area contributed by atoms with Crippen LogP contribution in [0.4, 0.5) is 5.82 Å². The highest BCUT2D eigenvalue weighted by Crippen LogP contribution is 2.42. The molecule has 0 fully saturated rings. The van der Waals surface area contributed by atoms with Crippen LogP contribution in [0.5, 0.6) is 0 Å². The van der Waals surface area contributed by atoms with E-state index in [-0.39, 0.29) is 11.7 Å². The monoisotopic (exact) mass is 451 g/mol. The van der Waals surface area contributed by atoms with Gasteiger partial charge < -0.3 is 10.6 Å². The van der Waals surface area contributed by atoms with Crippen molar-refractivity contribution in [2.45, 2.75) is 39.0 Å². The van der Waals surface area contributed by atoms with Crippen molar-refractivity contribution in [1.82, 2.24) is 10.3 Å². The minimum absolute atomic E-state index is 0.106.